The van der Waals surface area contributed by atoms with E-state index in [9.17, 15) is 4.79 Å². The molecule has 0 saturated heterocycles. The molecule has 148 valence electrons. The Bertz CT molecular complexity index is 1010. The Balaban J connectivity index is 1.76. The van der Waals surface area contributed by atoms with Crippen LogP contribution >= 0.6 is 34.9 Å². The number of aryl methyl sites for hydroxylation is 2. The van der Waals surface area contributed by atoms with Crippen LogP contribution in [0.5, 0.6) is 5.75 Å². The molecule has 0 fully saturated rings. The average Bonchev–Trinajstić information content (AvgIpc) is 3.03. The summed E-state index contributed by atoms with van der Waals surface area (Å²) in [6.45, 7) is 2.90. The van der Waals surface area contributed by atoms with Crippen molar-refractivity contribution >= 4 is 51.0 Å². The van der Waals surface area contributed by atoms with Gasteiger partial charge < -0.3 is 9.30 Å². The Hall–Kier alpha value is -1.70. The van der Waals surface area contributed by atoms with Crippen molar-refractivity contribution in [2.45, 2.75) is 24.8 Å². The normalized spacial score (nSPS) is 11.9. The Kier molecular flexibility index (Phi) is 7.65. The number of methoxy groups -OCH3 is 1. The molecule has 1 heterocycles. The lowest BCUT2D eigenvalue weighted by molar-refractivity contribution is -0.117. The lowest BCUT2D eigenvalue weighted by Crippen LogP contribution is -2.18. The maximum absolute atomic E-state index is 12.5. The quantitative estimate of drug-likeness (QED) is 0.470. The van der Waals surface area contributed by atoms with E-state index in [1.54, 1.807) is 42.0 Å². The minimum absolute atomic E-state index is 0.0731. The van der Waals surface area contributed by atoms with Crippen molar-refractivity contribution in [1.29, 1.82) is 0 Å². The lowest BCUT2D eigenvalue weighted by Gasteiger charge is -2.04. The molecular formula is C21H24N2O2S3. The van der Waals surface area contributed by atoms with Gasteiger partial charge in [-0.25, -0.2) is 0 Å². The van der Waals surface area contributed by atoms with Crippen LogP contribution in [-0.2, 0) is 11.3 Å². The molecule has 3 rings (SSSR count). The molecule has 0 aliphatic rings. The fourth-order valence-electron chi connectivity index (χ4n) is 2.72. The van der Waals surface area contributed by atoms with Gasteiger partial charge in [0.1, 0.15) is 5.75 Å². The molecule has 3 aromatic rings. The van der Waals surface area contributed by atoms with Crippen LogP contribution in [0.15, 0.2) is 52.4 Å². The summed E-state index contributed by atoms with van der Waals surface area (Å²) in [5, 5.41) is 0. The highest BCUT2D eigenvalue weighted by Crippen LogP contribution is 2.23. The number of benzene rings is 2. The summed E-state index contributed by atoms with van der Waals surface area (Å²) in [6.07, 6.45) is 2.51. The van der Waals surface area contributed by atoms with E-state index in [2.05, 4.69) is 47.0 Å². The van der Waals surface area contributed by atoms with E-state index in [1.807, 2.05) is 18.2 Å². The number of nitrogens with zero attached hydrogens (tertiary/aromatic N) is 2. The van der Waals surface area contributed by atoms with Gasteiger partial charge in [0.2, 0.25) is 5.91 Å². The van der Waals surface area contributed by atoms with Gasteiger partial charge in [0.05, 0.1) is 17.3 Å². The monoisotopic (exact) mass is 432 g/mol. The Labute approximate surface area is 178 Å². The highest BCUT2D eigenvalue weighted by atomic mass is 32.2. The van der Waals surface area contributed by atoms with Crippen LogP contribution in [0.25, 0.3) is 10.2 Å². The number of carbonyl (C=O) groups excluding carboxylic acids is 1. The fraction of sp³-hybridized carbons (Fsp3) is 0.333. The van der Waals surface area contributed by atoms with Crippen LogP contribution < -0.4 is 9.54 Å². The molecule has 1 aromatic heterocycles. The van der Waals surface area contributed by atoms with Gasteiger partial charge >= 0.3 is 0 Å². The second kappa shape index (κ2) is 10.2. The third-order valence-electron chi connectivity index (χ3n) is 4.23. The first-order chi connectivity index (χ1) is 13.6. The number of ether oxygens (including phenoxy) is 1. The summed E-state index contributed by atoms with van der Waals surface area (Å²) in [4.78, 5) is 18.8. The Morgan fingerprint density at radius 1 is 1.18 bits per heavy atom. The van der Waals surface area contributed by atoms with E-state index >= 15 is 0 Å². The number of thiazole rings is 1. The van der Waals surface area contributed by atoms with Crippen LogP contribution in [0.4, 0.5) is 0 Å². The predicted molar refractivity (Wildman–Crippen MR) is 122 cm³/mol. The molecular weight excluding hydrogens is 408 g/mol. The Morgan fingerprint density at radius 2 is 1.96 bits per heavy atom. The first kappa shape index (κ1) is 21.0. The molecule has 0 N–H and O–H groups in total. The van der Waals surface area contributed by atoms with E-state index < -0.39 is 0 Å². The third-order valence-corrected chi connectivity index (χ3v) is 6.88. The SMILES string of the molecule is COc1ccc2c(c1)sc(=NC(=O)CCSc1ccc(C)cc1)n2CCSC. The number of amides is 1. The minimum atomic E-state index is -0.0731. The van der Waals surface area contributed by atoms with Gasteiger partial charge in [-0.1, -0.05) is 29.0 Å². The van der Waals surface area contributed by atoms with Gasteiger partial charge in [-0.3, -0.25) is 4.79 Å². The van der Waals surface area contributed by atoms with Crippen molar-refractivity contribution in [2.75, 3.05) is 24.9 Å². The van der Waals surface area contributed by atoms with Crippen LogP contribution in [0.3, 0.4) is 0 Å². The van der Waals surface area contributed by atoms with E-state index in [1.165, 1.54) is 10.5 Å². The topological polar surface area (TPSA) is 43.6 Å². The van der Waals surface area contributed by atoms with Crippen molar-refractivity contribution in [3.63, 3.8) is 0 Å². The molecule has 1 amide bonds. The molecule has 2 aromatic carbocycles. The van der Waals surface area contributed by atoms with Gasteiger partial charge in [0.25, 0.3) is 0 Å². The van der Waals surface area contributed by atoms with E-state index in [0.29, 0.717) is 6.42 Å². The molecule has 0 aliphatic carbocycles. The van der Waals surface area contributed by atoms with Crippen molar-refractivity contribution < 1.29 is 9.53 Å². The highest BCUT2D eigenvalue weighted by molar-refractivity contribution is 7.99. The lowest BCUT2D eigenvalue weighted by atomic mass is 10.2. The third kappa shape index (κ3) is 5.43. The van der Waals surface area contributed by atoms with Crippen LogP contribution in [0.2, 0.25) is 0 Å². The van der Waals surface area contributed by atoms with Crippen LogP contribution in [0, 0.1) is 6.92 Å². The molecule has 0 aliphatic heterocycles. The molecule has 7 heteroatoms. The molecule has 0 unspecified atom stereocenters. The molecule has 0 radical (unpaired) electrons. The summed E-state index contributed by atoms with van der Waals surface area (Å²) >= 11 is 5.02. The van der Waals surface area contributed by atoms with Crippen molar-refractivity contribution in [1.82, 2.24) is 4.57 Å². The maximum atomic E-state index is 12.5. The van der Waals surface area contributed by atoms with E-state index in [0.717, 1.165) is 38.8 Å². The molecule has 0 bridgehead atoms. The van der Waals surface area contributed by atoms with Gasteiger partial charge in [0, 0.05) is 29.4 Å². The molecule has 4 nitrogen and oxygen atoms in total. The second-order valence-corrected chi connectivity index (χ2v) is 9.44. The van der Waals surface area contributed by atoms with Crippen molar-refractivity contribution in [3.05, 3.63) is 52.8 Å². The second-order valence-electron chi connectivity index (χ2n) is 6.28. The average molecular weight is 433 g/mol. The molecule has 28 heavy (non-hydrogen) atoms. The predicted octanol–water partition coefficient (Wildman–Crippen LogP) is 4.99. The van der Waals surface area contributed by atoms with Gasteiger partial charge in [-0.2, -0.15) is 16.8 Å². The number of hydrogen-bond acceptors (Lipinski definition) is 5. The first-order valence-electron chi connectivity index (χ1n) is 9.04. The summed E-state index contributed by atoms with van der Waals surface area (Å²) in [6, 6.07) is 14.4. The fourth-order valence-corrected chi connectivity index (χ4v) is 5.03. The summed E-state index contributed by atoms with van der Waals surface area (Å²) < 4.78 is 8.55. The number of hydrogen-bond donors (Lipinski definition) is 0. The number of thioether (sulfide) groups is 2. The highest BCUT2D eigenvalue weighted by Gasteiger charge is 2.09. The smallest absolute Gasteiger partial charge is 0.249 e. The number of rotatable bonds is 8. The van der Waals surface area contributed by atoms with Crippen molar-refractivity contribution in [3.8, 4) is 5.75 Å². The number of aromatic nitrogens is 1. The first-order valence-corrected chi connectivity index (χ1v) is 12.2. The van der Waals surface area contributed by atoms with Crippen LogP contribution in [0.1, 0.15) is 12.0 Å². The number of carbonyl (C=O) groups is 1. The van der Waals surface area contributed by atoms with Crippen molar-refractivity contribution in [2.24, 2.45) is 4.99 Å². The zero-order valence-electron chi connectivity index (χ0n) is 16.3. The Morgan fingerprint density at radius 3 is 2.68 bits per heavy atom. The molecule has 0 saturated carbocycles. The summed E-state index contributed by atoms with van der Waals surface area (Å²) in [7, 11) is 1.66. The molecule has 0 atom stereocenters. The minimum Gasteiger partial charge on any atom is -0.497 e. The van der Waals surface area contributed by atoms with Crippen LogP contribution in [-0.4, -0.2) is 35.3 Å². The standard InChI is InChI=1S/C21H24N2O2S3/c1-15-4-7-17(8-5-15)27-12-10-20(24)22-21-23(11-13-26-3)18-9-6-16(25-2)14-19(18)28-21/h4-9,14H,10-13H2,1-3H3. The molecule has 0 spiro atoms. The van der Waals surface area contributed by atoms with E-state index in [4.69, 9.17) is 4.74 Å². The van der Waals surface area contributed by atoms with Gasteiger partial charge in [-0.05, 0) is 43.5 Å². The van der Waals surface area contributed by atoms with Gasteiger partial charge in [-0.15, -0.1) is 11.8 Å². The summed E-state index contributed by atoms with van der Waals surface area (Å²) in [5.41, 5.74) is 2.34. The largest absolute Gasteiger partial charge is 0.497 e. The van der Waals surface area contributed by atoms with E-state index in [-0.39, 0.29) is 5.91 Å². The van der Waals surface area contributed by atoms with Gasteiger partial charge in [0.15, 0.2) is 4.80 Å². The number of fused-ring (bicyclic) bond motifs is 1. The maximum Gasteiger partial charge on any atom is 0.249 e. The summed E-state index contributed by atoms with van der Waals surface area (Å²) in [5.74, 6) is 2.45. The zero-order chi connectivity index (χ0) is 19.9. The zero-order valence-corrected chi connectivity index (χ0v) is 18.8.